The summed E-state index contributed by atoms with van der Waals surface area (Å²) in [5.41, 5.74) is -2.06. The molecule has 2 aliphatic heterocycles. The number of aliphatic hydroxyl groups excluding tert-OH is 2. The standard InChI is InChI=1S/C30H46O9/c1-17-26(33)23(36-3)13-25(38-17)39-19-4-9-28(16-31)21-5-8-27(2)20(18-12-24(32)37-15-18)7-11-30(27,35)22(21)6-10-29(28,34)14-19/h12,17,19-23,25-26,31,33-35H,4-11,13-16H2,1-3H3. The van der Waals surface area contributed by atoms with Crippen LogP contribution in [-0.4, -0.2) is 88.6 Å². The monoisotopic (exact) mass is 550 g/mol. The molecule has 0 radical (unpaired) electrons. The Morgan fingerprint density at radius 3 is 2.54 bits per heavy atom. The van der Waals surface area contributed by atoms with Crippen molar-refractivity contribution in [1.82, 2.24) is 0 Å². The van der Waals surface area contributed by atoms with Gasteiger partial charge >= 0.3 is 5.97 Å². The van der Waals surface area contributed by atoms with Crippen LogP contribution in [0.5, 0.6) is 0 Å². The van der Waals surface area contributed by atoms with E-state index in [1.54, 1.807) is 13.2 Å². The minimum Gasteiger partial charge on any atom is -0.458 e. The summed E-state index contributed by atoms with van der Waals surface area (Å²) in [4.78, 5) is 11.8. The van der Waals surface area contributed by atoms with Gasteiger partial charge in [0, 0.05) is 36.9 Å². The zero-order chi connectivity index (χ0) is 27.8. The van der Waals surface area contributed by atoms with E-state index in [1.807, 2.05) is 6.92 Å². The third kappa shape index (κ3) is 4.02. The van der Waals surface area contributed by atoms with Crippen molar-refractivity contribution in [2.45, 2.75) is 120 Å². The minimum atomic E-state index is -1.09. The first-order chi connectivity index (χ1) is 18.5. The van der Waals surface area contributed by atoms with Crippen molar-refractivity contribution in [3.63, 3.8) is 0 Å². The Morgan fingerprint density at radius 1 is 1.08 bits per heavy atom. The molecule has 0 aromatic heterocycles. The molecule has 4 aliphatic carbocycles. The molecule has 0 aromatic carbocycles. The number of aliphatic hydroxyl groups is 4. The topological polar surface area (TPSA) is 135 Å². The first-order valence-electron chi connectivity index (χ1n) is 14.9. The van der Waals surface area contributed by atoms with Gasteiger partial charge in [0.05, 0.1) is 36.1 Å². The summed E-state index contributed by atoms with van der Waals surface area (Å²) in [5.74, 6) is -0.192. The Bertz CT molecular complexity index is 1000. The Hall–Kier alpha value is -1.07. The molecular weight excluding hydrogens is 504 g/mol. The Kier molecular flexibility index (Phi) is 7.02. The molecule has 39 heavy (non-hydrogen) atoms. The fourth-order valence-corrected chi connectivity index (χ4v) is 10.2. The summed E-state index contributed by atoms with van der Waals surface area (Å²) in [7, 11) is 1.58. The summed E-state index contributed by atoms with van der Waals surface area (Å²) in [5, 5.41) is 45.9. The van der Waals surface area contributed by atoms with Crippen LogP contribution in [0.2, 0.25) is 0 Å². The van der Waals surface area contributed by atoms with Gasteiger partial charge in [0.1, 0.15) is 12.7 Å². The summed E-state index contributed by atoms with van der Waals surface area (Å²) in [6.45, 7) is 4.19. The van der Waals surface area contributed by atoms with Gasteiger partial charge in [0.15, 0.2) is 6.29 Å². The van der Waals surface area contributed by atoms with Gasteiger partial charge in [-0.25, -0.2) is 4.79 Å². The van der Waals surface area contributed by atoms with Gasteiger partial charge in [0.2, 0.25) is 0 Å². The fraction of sp³-hybridized carbons (Fsp3) is 0.900. The number of ether oxygens (including phenoxy) is 4. The number of cyclic esters (lactones) is 1. The van der Waals surface area contributed by atoms with Crippen molar-refractivity contribution >= 4 is 5.97 Å². The third-order valence-electron chi connectivity index (χ3n) is 12.3. The number of fused-ring (bicyclic) bond motifs is 5. The van der Waals surface area contributed by atoms with E-state index in [9.17, 15) is 25.2 Å². The Balaban J connectivity index is 1.20. The molecule has 6 rings (SSSR count). The molecule has 0 bridgehead atoms. The Morgan fingerprint density at radius 2 is 1.85 bits per heavy atom. The molecule has 2 heterocycles. The lowest BCUT2D eigenvalue weighted by atomic mass is 9.41. The number of carbonyl (C=O) groups is 1. The normalized spacial score (nSPS) is 53.4. The average Bonchev–Trinajstić information content (AvgIpc) is 3.45. The quantitative estimate of drug-likeness (QED) is 0.300. The lowest BCUT2D eigenvalue weighted by Gasteiger charge is -2.66. The van der Waals surface area contributed by atoms with Crippen LogP contribution in [-0.2, 0) is 23.7 Å². The maximum absolute atomic E-state index is 12.4. The van der Waals surface area contributed by atoms with Crippen LogP contribution in [0, 0.1) is 28.6 Å². The summed E-state index contributed by atoms with van der Waals surface area (Å²) in [6, 6.07) is 0. The summed E-state index contributed by atoms with van der Waals surface area (Å²) in [6.07, 6.45) is 5.82. The van der Waals surface area contributed by atoms with Gasteiger partial charge in [-0.05, 0) is 81.6 Å². The second kappa shape index (κ2) is 9.75. The van der Waals surface area contributed by atoms with Crippen LogP contribution in [0.3, 0.4) is 0 Å². The number of carbonyl (C=O) groups excluding carboxylic acids is 1. The molecule has 12 unspecified atom stereocenters. The predicted molar refractivity (Wildman–Crippen MR) is 139 cm³/mol. The van der Waals surface area contributed by atoms with E-state index in [0.717, 1.165) is 24.8 Å². The minimum absolute atomic E-state index is 0.00781. The maximum Gasteiger partial charge on any atom is 0.331 e. The van der Waals surface area contributed by atoms with Gasteiger partial charge in [-0.2, -0.15) is 0 Å². The van der Waals surface area contributed by atoms with Crippen LogP contribution in [0.4, 0.5) is 0 Å². The van der Waals surface area contributed by atoms with E-state index in [4.69, 9.17) is 18.9 Å². The highest BCUT2D eigenvalue weighted by Gasteiger charge is 2.71. The van der Waals surface area contributed by atoms with Crippen molar-refractivity contribution in [2.24, 2.45) is 28.6 Å². The predicted octanol–water partition coefficient (Wildman–Crippen LogP) is 2.23. The molecular formula is C30H46O9. The number of esters is 1. The molecule has 0 aromatic rings. The molecule has 4 saturated carbocycles. The number of rotatable bonds is 5. The van der Waals surface area contributed by atoms with Crippen LogP contribution in [0.1, 0.15) is 78.1 Å². The van der Waals surface area contributed by atoms with Gasteiger partial charge in [-0.1, -0.05) is 6.92 Å². The van der Waals surface area contributed by atoms with Gasteiger partial charge in [-0.3, -0.25) is 0 Å². The first kappa shape index (κ1) is 28.1. The van der Waals surface area contributed by atoms with Crippen molar-refractivity contribution in [1.29, 1.82) is 0 Å². The molecule has 9 nitrogen and oxygen atoms in total. The highest BCUT2D eigenvalue weighted by molar-refractivity contribution is 5.85. The van der Waals surface area contributed by atoms with E-state index < -0.39 is 35.1 Å². The first-order valence-corrected chi connectivity index (χ1v) is 14.9. The van der Waals surface area contributed by atoms with Crippen LogP contribution >= 0.6 is 0 Å². The third-order valence-corrected chi connectivity index (χ3v) is 12.3. The molecule has 0 spiro atoms. The SMILES string of the molecule is COC1CC(OC2CCC3(CO)C4CCC5(C)C(C6=CC(=O)OC6)CCC5(O)C4CCC3(O)C2)OC(C)C1O. The average molecular weight is 551 g/mol. The highest BCUT2D eigenvalue weighted by atomic mass is 16.7. The molecule has 5 fully saturated rings. The maximum atomic E-state index is 12.4. The number of hydrogen-bond acceptors (Lipinski definition) is 9. The molecule has 12 atom stereocenters. The number of methoxy groups -OCH3 is 1. The van der Waals surface area contributed by atoms with Gasteiger partial charge < -0.3 is 39.4 Å². The van der Waals surface area contributed by atoms with Crippen molar-refractivity contribution in [3.05, 3.63) is 11.6 Å². The molecule has 6 aliphatic rings. The molecule has 1 saturated heterocycles. The molecule has 0 amide bonds. The number of hydrogen-bond donors (Lipinski definition) is 4. The van der Waals surface area contributed by atoms with E-state index in [1.165, 1.54) is 0 Å². The van der Waals surface area contributed by atoms with Crippen LogP contribution in [0.15, 0.2) is 11.6 Å². The fourth-order valence-electron chi connectivity index (χ4n) is 10.2. The zero-order valence-electron chi connectivity index (χ0n) is 23.5. The van der Waals surface area contributed by atoms with Crippen molar-refractivity contribution in [2.75, 3.05) is 20.3 Å². The van der Waals surface area contributed by atoms with Gasteiger partial charge in [0.25, 0.3) is 0 Å². The zero-order valence-corrected chi connectivity index (χ0v) is 23.5. The van der Waals surface area contributed by atoms with E-state index in [-0.39, 0.29) is 48.0 Å². The summed E-state index contributed by atoms with van der Waals surface area (Å²) >= 11 is 0. The van der Waals surface area contributed by atoms with E-state index >= 15 is 0 Å². The lowest BCUT2D eigenvalue weighted by Crippen LogP contribution is -2.69. The smallest absolute Gasteiger partial charge is 0.331 e. The largest absolute Gasteiger partial charge is 0.458 e. The molecule has 4 N–H and O–H groups in total. The van der Waals surface area contributed by atoms with Crippen molar-refractivity contribution in [3.8, 4) is 0 Å². The second-order valence-corrected chi connectivity index (χ2v) is 13.7. The van der Waals surface area contributed by atoms with Crippen molar-refractivity contribution < 1.29 is 44.2 Å². The van der Waals surface area contributed by atoms with Crippen LogP contribution in [0.25, 0.3) is 0 Å². The van der Waals surface area contributed by atoms with Crippen LogP contribution < -0.4 is 0 Å². The molecule has 220 valence electrons. The van der Waals surface area contributed by atoms with E-state index in [0.29, 0.717) is 51.6 Å². The lowest BCUT2D eigenvalue weighted by molar-refractivity contribution is -0.298. The summed E-state index contributed by atoms with van der Waals surface area (Å²) < 4.78 is 23.0. The van der Waals surface area contributed by atoms with E-state index in [2.05, 4.69) is 6.92 Å². The van der Waals surface area contributed by atoms with Gasteiger partial charge in [-0.15, -0.1) is 0 Å². The Labute approximate surface area is 230 Å². The molecule has 9 heteroatoms. The second-order valence-electron chi connectivity index (χ2n) is 13.7. The highest BCUT2D eigenvalue weighted by Crippen LogP contribution is 2.70.